The molecule has 2 rings (SSSR count). The van der Waals surface area contributed by atoms with Crippen LogP contribution in [0.4, 0.5) is 5.69 Å². The lowest BCUT2D eigenvalue weighted by molar-refractivity contribution is 0.0697. The highest BCUT2D eigenvalue weighted by molar-refractivity contribution is 5.92. The van der Waals surface area contributed by atoms with Gasteiger partial charge in [-0.2, -0.15) is 5.26 Å². The van der Waals surface area contributed by atoms with E-state index in [1.807, 2.05) is 6.07 Å². The molecule has 0 spiro atoms. The highest BCUT2D eigenvalue weighted by Gasteiger charge is 2.13. The van der Waals surface area contributed by atoms with Gasteiger partial charge in [-0.15, -0.1) is 0 Å². The first-order valence-electron chi connectivity index (χ1n) is 4.84. The third kappa shape index (κ3) is 1.84. The van der Waals surface area contributed by atoms with Crippen molar-refractivity contribution in [2.45, 2.75) is 0 Å². The SMILES string of the molecule is N#Cc1cccn1-c1cc(N)ccc1C(=O)O. The van der Waals surface area contributed by atoms with E-state index in [-0.39, 0.29) is 5.56 Å². The lowest BCUT2D eigenvalue weighted by Crippen LogP contribution is -2.06. The van der Waals surface area contributed by atoms with Gasteiger partial charge in [0.15, 0.2) is 0 Å². The Balaban J connectivity index is 2.70. The summed E-state index contributed by atoms with van der Waals surface area (Å²) < 4.78 is 1.50. The molecule has 0 aliphatic heterocycles. The molecule has 1 aromatic heterocycles. The standard InChI is InChI=1S/C12H9N3O2/c13-7-9-2-1-5-15(9)11-6-8(14)3-4-10(11)12(16)17/h1-6H,14H2,(H,16,17). The van der Waals surface area contributed by atoms with E-state index >= 15 is 0 Å². The Morgan fingerprint density at radius 2 is 2.18 bits per heavy atom. The van der Waals surface area contributed by atoms with Crippen LogP contribution in [0.2, 0.25) is 0 Å². The Labute approximate surface area is 97.3 Å². The Morgan fingerprint density at radius 1 is 1.41 bits per heavy atom. The molecule has 0 aliphatic rings. The van der Waals surface area contributed by atoms with Crippen molar-refractivity contribution in [3.05, 3.63) is 47.8 Å². The summed E-state index contributed by atoms with van der Waals surface area (Å²) >= 11 is 0. The van der Waals surface area contributed by atoms with Crippen molar-refractivity contribution in [1.29, 1.82) is 5.26 Å². The van der Waals surface area contributed by atoms with Crippen LogP contribution in [0.25, 0.3) is 5.69 Å². The number of nitrogens with two attached hydrogens (primary N) is 1. The fraction of sp³-hybridized carbons (Fsp3) is 0. The van der Waals surface area contributed by atoms with Crippen LogP contribution in [-0.2, 0) is 0 Å². The maximum absolute atomic E-state index is 11.1. The zero-order chi connectivity index (χ0) is 12.4. The van der Waals surface area contributed by atoms with E-state index in [0.717, 1.165) is 0 Å². The van der Waals surface area contributed by atoms with Crippen LogP contribution in [0.15, 0.2) is 36.5 Å². The normalized spacial score (nSPS) is 9.82. The minimum atomic E-state index is -1.06. The number of nitriles is 1. The summed E-state index contributed by atoms with van der Waals surface area (Å²) in [7, 11) is 0. The van der Waals surface area contributed by atoms with Crippen molar-refractivity contribution < 1.29 is 9.90 Å². The van der Waals surface area contributed by atoms with Crippen LogP contribution >= 0.6 is 0 Å². The molecule has 1 heterocycles. The molecule has 0 saturated heterocycles. The van der Waals surface area contributed by atoms with Crippen molar-refractivity contribution in [1.82, 2.24) is 4.57 Å². The summed E-state index contributed by atoms with van der Waals surface area (Å²) in [5.41, 5.74) is 6.93. The number of rotatable bonds is 2. The summed E-state index contributed by atoms with van der Waals surface area (Å²) in [5, 5.41) is 18.0. The summed E-state index contributed by atoms with van der Waals surface area (Å²) in [6.45, 7) is 0. The molecule has 0 fully saturated rings. The maximum atomic E-state index is 11.1. The first-order chi connectivity index (χ1) is 8.13. The van der Waals surface area contributed by atoms with Crippen LogP contribution < -0.4 is 5.73 Å². The molecule has 0 radical (unpaired) electrons. The van der Waals surface area contributed by atoms with Crippen LogP contribution in [0, 0.1) is 11.3 Å². The van der Waals surface area contributed by atoms with Crippen LogP contribution in [-0.4, -0.2) is 15.6 Å². The van der Waals surface area contributed by atoms with Crippen molar-refractivity contribution in [3.8, 4) is 11.8 Å². The van der Waals surface area contributed by atoms with Crippen molar-refractivity contribution in [2.24, 2.45) is 0 Å². The van der Waals surface area contributed by atoms with Gasteiger partial charge in [0.2, 0.25) is 0 Å². The first-order valence-corrected chi connectivity index (χ1v) is 4.84. The molecule has 5 heteroatoms. The summed E-state index contributed by atoms with van der Waals surface area (Å²) in [4.78, 5) is 11.1. The first kappa shape index (κ1) is 10.8. The second kappa shape index (κ2) is 4.02. The van der Waals surface area contributed by atoms with Crippen LogP contribution in [0.5, 0.6) is 0 Å². The molecule has 0 saturated carbocycles. The number of aromatic nitrogens is 1. The highest BCUT2D eigenvalue weighted by atomic mass is 16.4. The Kier molecular flexibility index (Phi) is 2.55. The van der Waals surface area contributed by atoms with E-state index in [2.05, 4.69) is 0 Å². The van der Waals surface area contributed by atoms with Crippen LogP contribution in [0.3, 0.4) is 0 Å². The number of nitrogens with zero attached hydrogens (tertiary/aromatic N) is 2. The largest absolute Gasteiger partial charge is 0.478 e. The zero-order valence-electron chi connectivity index (χ0n) is 8.79. The van der Waals surface area contributed by atoms with Crippen molar-refractivity contribution in [3.63, 3.8) is 0 Å². The minimum absolute atomic E-state index is 0.104. The number of anilines is 1. The van der Waals surface area contributed by atoms with Gasteiger partial charge < -0.3 is 15.4 Å². The maximum Gasteiger partial charge on any atom is 0.337 e. The molecule has 2 aromatic rings. The Bertz CT molecular complexity index is 623. The molecule has 0 unspecified atom stereocenters. The predicted octanol–water partition coefficient (Wildman–Crippen LogP) is 1.63. The van der Waals surface area contributed by atoms with E-state index < -0.39 is 5.97 Å². The number of hydrogen-bond donors (Lipinski definition) is 2. The van der Waals surface area contributed by atoms with E-state index in [1.54, 1.807) is 18.3 Å². The van der Waals surface area contributed by atoms with Gasteiger partial charge in [0.25, 0.3) is 0 Å². The Hall–Kier alpha value is -2.74. The number of hydrogen-bond acceptors (Lipinski definition) is 3. The number of nitrogen functional groups attached to an aromatic ring is 1. The van der Waals surface area contributed by atoms with Crippen molar-refractivity contribution in [2.75, 3.05) is 5.73 Å². The molecule has 84 valence electrons. The average molecular weight is 227 g/mol. The molecule has 0 amide bonds. The van der Waals surface area contributed by atoms with Gasteiger partial charge in [0.05, 0.1) is 11.3 Å². The predicted molar refractivity (Wildman–Crippen MR) is 61.9 cm³/mol. The molecule has 0 bridgehead atoms. The lowest BCUT2D eigenvalue weighted by Gasteiger charge is -2.09. The molecular formula is C12H9N3O2. The fourth-order valence-electron chi connectivity index (χ4n) is 1.61. The number of carbonyl (C=O) groups is 1. The second-order valence-corrected chi connectivity index (χ2v) is 3.46. The quantitative estimate of drug-likeness (QED) is 0.762. The topological polar surface area (TPSA) is 92.0 Å². The molecule has 0 aliphatic carbocycles. The lowest BCUT2D eigenvalue weighted by atomic mass is 10.1. The highest BCUT2D eigenvalue weighted by Crippen LogP contribution is 2.20. The average Bonchev–Trinajstić information content (AvgIpc) is 2.76. The monoisotopic (exact) mass is 227 g/mol. The summed E-state index contributed by atoms with van der Waals surface area (Å²) in [5.74, 6) is -1.06. The fourth-order valence-corrected chi connectivity index (χ4v) is 1.61. The number of carboxylic acid groups (broad SMARTS) is 1. The van der Waals surface area contributed by atoms with Gasteiger partial charge in [-0.05, 0) is 30.3 Å². The zero-order valence-corrected chi connectivity index (χ0v) is 8.79. The van der Waals surface area contributed by atoms with Gasteiger partial charge in [-0.3, -0.25) is 0 Å². The molecular weight excluding hydrogens is 218 g/mol. The Morgan fingerprint density at radius 3 is 2.82 bits per heavy atom. The van der Waals surface area contributed by atoms with Crippen molar-refractivity contribution >= 4 is 11.7 Å². The van der Waals surface area contributed by atoms with Crippen LogP contribution in [0.1, 0.15) is 16.1 Å². The van der Waals surface area contributed by atoms with Gasteiger partial charge in [-0.25, -0.2) is 4.79 Å². The molecule has 3 N–H and O–H groups in total. The third-order valence-corrected chi connectivity index (χ3v) is 2.38. The third-order valence-electron chi connectivity index (χ3n) is 2.38. The molecule has 17 heavy (non-hydrogen) atoms. The number of carboxylic acids is 1. The summed E-state index contributed by atoms with van der Waals surface area (Å²) in [6.07, 6.45) is 1.62. The van der Waals surface area contributed by atoms with Gasteiger partial charge in [-0.1, -0.05) is 0 Å². The van der Waals surface area contributed by atoms with E-state index in [0.29, 0.717) is 17.1 Å². The van der Waals surface area contributed by atoms with Gasteiger partial charge in [0, 0.05) is 11.9 Å². The number of benzene rings is 1. The smallest absolute Gasteiger partial charge is 0.337 e. The molecule has 1 aromatic carbocycles. The molecule has 0 atom stereocenters. The van der Waals surface area contributed by atoms with E-state index in [4.69, 9.17) is 16.1 Å². The van der Waals surface area contributed by atoms with Gasteiger partial charge in [0.1, 0.15) is 11.8 Å². The second-order valence-electron chi connectivity index (χ2n) is 3.46. The minimum Gasteiger partial charge on any atom is -0.478 e. The van der Waals surface area contributed by atoms with E-state index in [1.165, 1.54) is 22.8 Å². The number of aromatic carboxylic acids is 1. The summed E-state index contributed by atoms with van der Waals surface area (Å²) in [6, 6.07) is 9.74. The molecule has 5 nitrogen and oxygen atoms in total. The van der Waals surface area contributed by atoms with E-state index in [9.17, 15) is 4.79 Å². The van der Waals surface area contributed by atoms with Gasteiger partial charge >= 0.3 is 5.97 Å².